The molecule has 0 spiro atoms. The Morgan fingerprint density at radius 1 is 0.786 bits per heavy atom. The predicted molar refractivity (Wildman–Crippen MR) is 113 cm³/mol. The van der Waals surface area contributed by atoms with Crippen LogP contribution in [0.3, 0.4) is 0 Å². The van der Waals surface area contributed by atoms with Gasteiger partial charge in [0.2, 0.25) is 0 Å². The maximum absolute atomic E-state index is 5.89. The first kappa shape index (κ1) is 16.5. The number of hydrogen-bond acceptors (Lipinski definition) is 6. The number of hydrogen-bond donors (Lipinski definition) is 1. The standard InChI is InChI=1S/C21H13ClN6/c22-14-9-7-13(8-10-14)12-24-27-21-25-19-17-6-3-11-23-18(17)15-4-1-2-5-16(15)20(19)26-28-21/h1-12H,(H,25,27,28)/b24-12+. The molecule has 0 aliphatic carbocycles. The normalized spacial score (nSPS) is 11.6. The van der Waals surface area contributed by atoms with Crippen LogP contribution in [0.2, 0.25) is 5.02 Å². The highest BCUT2D eigenvalue weighted by molar-refractivity contribution is 6.30. The fourth-order valence-corrected chi connectivity index (χ4v) is 3.29. The molecule has 0 unspecified atom stereocenters. The second-order valence-corrected chi connectivity index (χ2v) is 6.64. The van der Waals surface area contributed by atoms with E-state index in [0.29, 0.717) is 11.0 Å². The number of rotatable bonds is 3. The zero-order valence-corrected chi connectivity index (χ0v) is 15.3. The van der Waals surface area contributed by atoms with Crippen molar-refractivity contribution < 1.29 is 0 Å². The summed E-state index contributed by atoms with van der Waals surface area (Å²) in [5.41, 5.74) is 6.12. The Labute approximate surface area is 164 Å². The van der Waals surface area contributed by atoms with Gasteiger partial charge in [0.05, 0.1) is 11.7 Å². The van der Waals surface area contributed by atoms with E-state index in [1.54, 1.807) is 24.5 Å². The molecule has 0 saturated carbocycles. The van der Waals surface area contributed by atoms with E-state index < -0.39 is 0 Å². The Bertz CT molecular complexity index is 1310. The van der Waals surface area contributed by atoms with Gasteiger partial charge in [-0.2, -0.15) is 5.10 Å². The van der Waals surface area contributed by atoms with E-state index in [1.165, 1.54) is 0 Å². The Hall–Kier alpha value is -3.64. The molecule has 5 rings (SSSR count). The van der Waals surface area contributed by atoms with Crippen LogP contribution >= 0.6 is 11.6 Å². The molecule has 0 atom stereocenters. The summed E-state index contributed by atoms with van der Waals surface area (Å²) in [4.78, 5) is 9.19. The van der Waals surface area contributed by atoms with Crippen molar-refractivity contribution in [3.63, 3.8) is 0 Å². The summed E-state index contributed by atoms with van der Waals surface area (Å²) in [6, 6.07) is 19.3. The molecule has 134 valence electrons. The summed E-state index contributed by atoms with van der Waals surface area (Å²) >= 11 is 5.89. The molecule has 0 amide bonds. The van der Waals surface area contributed by atoms with E-state index in [1.807, 2.05) is 48.5 Å². The third-order valence-electron chi connectivity index (χ3n) is 4.44. The summed E-state index contributed by atoms with van der Waals surface area (Å²) in [7, 11) is 0. The van der Waals surface area contributed by atoms with Crippen molar-refractivity contribution in [2.75, 3.05) is 5.43 Å². The van der Waals surface area contributed by atoms with Gasteiger partial charge in [0.15, 0.2) is 0 Å². The predicted octanol–water partition coefficient (Wildman–Crippen LogP) is 4.83. The molecule has 0 aliphatic heterocycles. The minimum Gasteiger partial charge on any atom is -0.256 e. The zero-order chi connectivity index (χ0) is 18.9. The minimum absolute atomic E-state index is 0.318. The average molecular weight is 385 g/mol. The summed E-state index contributed by atoms with van der Waals surface area (Å²) in [5, 5.41) is 16.4. The first-order valence-corrected chi connectivity index (χ1v) is 9.02. The molecule has 28 heavy (non-hydrogen) atoms. The van der Waals surface area contributed by atoms with Gasteiger partial charge in [-0.05, 0) is 29.8 Å². The maximum atomic E-state index is 5.89. The monoisotopic (exact) mass is 384 g/mol. The first-order valence-electron chi connectivity index (χ1n) is 8.64. The van der Waals surface area contributed by atoms with Crippen molar-refractivity contribution in [1.82, 2.24) is 20.2 Å². The molecule has 2 heterocycles. The lowest BCUT2D eigenvalue weighted by Gasteiger charge is -2.08. The number of fused-ring (bicyclic) bond motifs is 6. The molecule has 0 fully saturated rings. The molecule has 3 aromatic carbocycles. The van der Waals surface area contributed by atoms with Gasteiger partial charge in [-0.25, -0.2) is 10.4 Å². The number of nitrogens with zero attached hydrogens (tertiary/aromatic N) is 5. The lowest BCUT2D eigenvalue weighted by molar-refractivity contribution is 1.01. The van der Waals surface area contributed by atoms with Gasteiger partial charge in [-0.3, -0.25) is 4.98 Å². The number of aromatic nitrogens is 4. The van der Waals surface area contributed by atoms with Crippen molar-refractivity contribution in [3.05, 3.63) is 77.4 Å². The van der Waals surface area contributed by atoms with Gasteiger partial charge in [0.1, 0.15) is 11.0 Å². The van der Waals surface area contributed by atoms with Gasteiger partial charge in [0.25, 0.3) is 5.95 Å². The third kappa shape index (κ3) is 2.90. The highest BCUT2D eigenvalue weighted by atomic mass is 35.5. The summed E-state index contributed by atoms with van der Waals surface area (Å²) in [6.07, 6.45) is 3.45. The number of halogens is 1. The highest BCUT2D eigenvalue weighted by Crippen LogP contribution is 2.31. The third-order valence-corrected chi connectivity index (χ3v) is 4.69. The number of nitrogens with one attached hydrogen (secondary N) is 1. The SMILES string of the molecule is Clc1ccc(/C=N/Nc2nnc3c4ccccc4c4ncccc4c3n2)cc1. The van der Waals surface area contributed by atoms with Crippen LogP contribution in [0.25, 0.3) is 32.7 Å². The second-order valence-electron chi connectivity index (χ2n) is 6.20. The molecule has 1 N–H and O–H groups in total. The zero-order valence-electron chi connectivity index (χ0n) is 14.5. The fraction of sp³-hybridized carbons (Fsp3) is 0. The topological polar surface area (TPSA) is 76.0 Å². The van der Waals surface area contributed by atoms with Gasteiger partial charge in [-0.1, -0.05) is 48.0 Å². The van der Waals surface area contributed by atoms with Crippen molar-refractivity contribution in [3.8, 4) is 0 Å². The van der Waals surface area contributed by atoms with E-state index in [0.717, 1.165) is 38.3 Å². The maximum Gasteiger partial charge on any atom is 0.263 e. The van der Waals surface area contributed by atoms with Crippen LogP contribution in [-0.2, 0) is 0 Å². The van der Waals surface area contributed by atoms with E-state index in [4.69, 9.17) is 11.6 Å². The Morgan fingerprint density at radius 3 is 2.36 bits per heavy atom. The van der Waals surface area contributed by atoms with Crippen LogP contribution in [0.1, 0.15) is 5.56 Å². The highest BCUT2D eigenvalue weighted by Gasteiger charge is 2.12. The molecule has 0 radical (unpaired) electrons. The summed E-state index contributed by atoms with van der Waals surface area (Å²) < 4.78 is 0. The first-order chi connectivity index (χ1) is 13.8. The minimum atomic E-state index is 0.318. The lowest BCUT2D eigenvalue weighted by Crippen LogP contribution is -2.00. The molecule has 7 heteroatoms. The smallest absolute Gasteiger partial charge is 0.256 e. The summed E-state index contributed by atoms with van der Waals surface area (Å²) in [5.74, 6) is 0.318. The fourth-order valence-electron chi connectivity index (χ4n) is 3.16. The van der Waals surface area contributed by atoms with Gasteiger partial charge in [-0.15, -0.1) is 10.2 Å². The van der Waals surface area contributed by atoms with E-state index in [-0.39, 0.29) is 0 Å². The number of hydrazone groups is 1. The van der Waals surface area contributed by atoms with E-state index >= 15 is 0 Å². The molecule has 5 aromatic rings. The molecule has 0 saturated heterocycles. The van der Waals surface area contributed by atoms with Crippen molar-refractivity contribution in [1.29, 1.82) is 0 Å². The second kappa shape index (κ2) is 6.83. The van der Waals surface area contributed by atoms with Crippen LogP contribution in [0.5, 0.6) is 0 Å². The van der Waals surface area contributed by atoms with Crippen LogP contribution in [0.4, 0.5) is 5.95 Å². The Morgan fingerprint density at radius 2 is 1.54 bits per heavy atom. The van der Waals surface area contributed by atoms with Crippen LogP contribution in [-0.4, -0.2) is 26.4 Å². The average Bonchev–Trinajstić information content (AvgIpc) is 2.75. The van der Waals surface area contributed by atoms with Crippen molar-refractivity contribution in [2.24, 2.45) is 5.10 Å². The molecule has 6 nitrogen and oxygen atoms in total. The summed E-state index contributed by atoms with van der Waals surface area (Å²) in [6.45, 7) is 0. The number of anilines is 1. The number of pyridine rings is 1. The lowest BCUT2D eigenvalue weighted by atomic mass is 10.0. The molecular formula is C21H13ClN6. The van der Waals surface area contributed by atoms with Gasteiger partial charge in [0, 0.05) is 27.4 Å². The largest absolute Gasteiger partial charge is 0.263 e. The van der Waals surface area contributed by atoms with Crippen LogP contribution in [0.15, 0.2) is 72.0 Å². The van der Waals surface area contributed by atoms with Crippen molar-refractivity contribution in [2.45, 2.75) is 0 Å². The van der Waals surface area contributed by atoms with Crippen LogP contribution in [0, 0.1) is 0 Å². The molecule has 0 aliphatic rings. The number of benzene rings is 3. The van der Waals surface area contributed by atoms with E-state index in [9.17, 15) is 0 Å². The Kier molecular flexibility index (Phi) is 4.03. The van der Waals surface area contributed by atoms with Crippen molar-refractivity contribution >= 4 is 56.5 Å². The van der Waals surface area contributed by atoms with Crippen LogP contribution < -0.4 is 5.43 Å². The van der Waals surface area contributed by atoms with Gasteiger partial charge >= 0.3 is 0 Å². The molecular weight excluding hydrogens is 372 g/mol. The van der Waals surface area contributed by atoms with Gasteiger partial charge < -0.3 is 0 Å². The Balaban J connectivity index is 1.60. The van der Waals surface area contributed by atoms with E-state index in [2.05, 4.69) is 30.7 Å². The molecule has 2 aromatic heterocycles. The quantitative estimate of drug-likeness (QED) is 0.274. The molecule has 0 bridgehead atoms.